The van der Waals surface area contributed by atoms with Crippen molar-refractivity contribution >= 4 is 17.9 Å². The summed E-state index contributed by atoms with van der Waals surface area (Å²) in [7, 11) is 0. The standard InChI is InChI=1S/C52H84O6/c1-4-7-10-13-16-19-22-24-25-26-27-29-30-33-36-39-42-45-51(54)57-48-49(47-56-50(53)44-41-38-35-32-21-18-15-12-9-6-3)58-52(55)46-43-40-37-34-31-28-23-20-17-14-11-8-5-2/h7,10-12,14-16,19-20,23-25,27,29,33,36,49H,4-6,8-9,13,17-18,21-22,26,28,30-32,34-35,37-48H2,1-3H3/b10-7-,14-11-,15-12-,19-16-,23-20-,25-24-,29-27-,36-33-. The summed E-state index contributed by atoms with van der Waals surface area (Å²) in [5.74, 6) is -1.00. The lowest BCUT2D eigenvalue weighted by Gasteiger charge is -2.18. The first-order chi connectivity index (χ1) is 28.5. The molecular formula is C52H84O6. The maximum atomic E-state index is 12.7. The lowest BCUT2D eigenvalue weighted by Crippen LogP contribution is -2.30. The van der Waals surface area contributed by atoms with Gasteiger partial charge in [0, 0.05) is 19.3 Å². The monoisotopic (exact) mass is 805 g/mol. The first kappa shape index (κ1) is 54.3. The van der Waals surface area contributed by atoms with Gasteiger partial charge in [-0.25, -0.2) is 0 Å². The van der Waals surface area contributed by atoms with Crippen LogP contribution in [0, 0.1) is 0 Å². The Hall–Kier alpha value is -3.67. The Morgan fingerprint density at radius 3 is 1.16 bits per heavy atom. The van der Waals surface area contributed by atoms with Gasteiger partial charge in [-0.3, -0.25) is 14.4 Å². The van der Waals surface area contributed by atoms with Crippen molar-refractivity contribution in [3.8, 4) is 0 Å². The second kappa shape index (κ2) is 46.0. The summed E-state index contributed by atoms with van der Waals surface area (Å²) < 4.78 is 16.6. The van der Waals surface area contributed by atoms with Crippen LogP contribution in [0.1, 0.15) is 194 Å². The number of hydrogen-bond donors (Lipinski definition) is 0. The predicted octanol–water partition coefficient (Wildman–Crippen LogP) is 15.0. The fraction of sp³-hybridized carbons (Fsp3) is 0.635. The molecule has 0 aromatic rings. The van der Waals surface area contributed by atoms with Crippen molar-refractivity contribution in [2.24, 2.45) is 0 Å². The molecule has 0 aliphatic heterocycles. The normalized spacial score (nSPS) is 12.9. The van der Waals surface area contributed by atoms with E-state index in [4.69, 9.17) is 14.2 Å². The zero-order chi connectivity index (χ0) is 42.3. The van der Waals surface area contributed by atoms with E-state index >= 15 is 0 Å². The van der Waals surface area contributed by atoms with Gasteiger partial charge in [-0.05, 0) is 103 Å². The number of esters is 3. The Morgan fingerprint density at radius 2 is 0.690 bits per heavy atom. The van der Waals surface area contributed by atoms with Gasteiger partial charge in [0.1, 0.15) is 13.2 Å². The Balaban J connectivity index is 4.51. The van der Waals surface area contributed by atoms with Crippen LogP contribution in [0.15, 0.2) is 97.2 Å². The highest BCUT2D eigenvalue weighted by Gasteiger charge is 2.19. The van der Waals surface area contributed by atoms with Gasteiger partial charge < -0.3 is 14.2 Å². The highest BCUT2D eigenvalue weighted by molar-refractivity contribution is 5.71. The van der Waals surface area contributed by atoms with E-state index in [9.17, 15) is 14.4 Å². The van der Waals surface area contributed by atoms with E-state index in [-0.39, 0.29) is 37.5 Å². The summed E-state index contributed by atoms with van der Waals surface area (Å²) in [6.45, 7) is 6.30. The van der Waals surface area contributed by atoms with Crippen LogP contribution in [0.3, 0.4) is 0 Å². The number of ether oxygens (including phenoxy) is 3. The van der Waals surface area contributed by atoms with Crippen LogP contribution in [0.2, 0.25) is 0 Å². The Kier molecular flexibility index (Phi) is 43.1. The minimum Gasteiger partial charge on any atom is -0.462 e. The van der Waals surface area contributed by atoms with Gasteiger partial charge in [0.25, 0.3) is 0 Å². The summed E-state index contributed by atoms with van der Waals surface area (Å²) in [6.07, 6.45) is 59.7. The quantitative estimate of drug-likeness (QED) is 0.0266. The molecule has 0 aliphatic rings. The third kappa shape index (κ3) is 43.5. The SMILES string of the molecule is CC/C=C\C/C=C\C/C=C\C/C=C\C/C=C\CCCC(=O)OCC(COC(=O)CCCCCCC/C=C\CCC)OC(=O)CCCCCCC/C=C\C/C=C\CCC. The lowest BCUT2D eigenvalue weighted by molar-refractivity contribution is -0.167. The molecule has 0 spiro atoms. The molecule has 6 nitrogen and oxygen atoms in total. The smallest absolute Gasteiger partial charge is 0.306 e. The van der Waals surface area contributed by atoms with E-state index in [2.05, 4.69) is 118 Å². The maximum absolute atomic E-state index is 12.7. The van der Waals surface area contributed by atoms with E-state index in [1.807, 2.05) is 0 Å². The number of unbranched alkanes of at least 4 members (excludes halogenated alkanes) is 13. The van der Waals surface area contributed by atoms with Crippen molar-refractivity contribution < 1.29 is 28.6 Å². The minimum atomic E-state index is -0.810. The lowest BCUT2D eigenvalue weighted by atomic mass is 10.1. The van der Waals surface area contributed by atoms with Gasteiger partial charge in [-0.1, -0.05) is 169 Å². The van der Waals surface area contributed by atoms with Crippen LogP contribution in [-0.4, -0.2) is 37.2 Å². The van der Waals surface area contributed by atoms with Crippen LogP contribution in [0.25, 0.3) is 0 Å². The first-order valence-electron chi connectivity index (χ1n) is 23.2. The molecule has 0 aromatic heterocycles. The Labute approximate surface area is 356 Å². The molecule has 58 heavy (non-hydrogen) atoms. The van der Waals surface area contributed by atoms with E-state index in [1.165, 1.54) is 19.3 Å². The maximum Gasteiger partial charge on any atom is 0.306 e. The van der Waals surface area contributed by atoms with Crippen LogP contribution >= 0.6 is 0 Å². The van der Waals surface area contributed by atoms with Crippen molar-refractivity contribution in [2.45, 2.75) is 200 Å². The summed E-state index contributed by atoms with van der Waals surface area (Å²) >= 11 is 0. The van der Waals surface area contributed by atoms with Crippen molar-refractivity contribution in [3.05, 3.63) is 97.2 Å². The van der Waals surface area contributed by atoms with Gasteiger partial charge in [0.15, 0.2) is 6.10 Å². The third-order valence-electron chi connectivity index (χ3n) is 9.25. The van der Waals surface area contributed by atoms with Gasteiger partial charge in [-0.15, -0.1) is 0 Å². The topological polar surface area (TPSA) is 78.9 Å². The number of hydrogen-bond acceptors (Lipinski definition) is 6. The molecule has 6 heteroatoms. The summed E-state index contributed by atoms with van der Waals surface area (Å²) in [5.41, 5.74) is 0. The summed E-state index contributed by atoms with van der Waals surface area (Å²) in [5, 5.41) is 0. The largest absolute Gasteiger partial charge is 0.462 e. The number of allylic oxidation sites excluding steroid dienone is 16. The molecule has 0 saturated carbocycles. The first-order valence-corrected chi connectivity index (χ1v) is 23.2. The second-order valence-electron chi connectivity index (χ2n) is 14.9. The number of carbonyl (C=O) groups is 3. The molecule has 1 atom stereocenters. The molecule has 328 valence electrons. The van der Waals surface area contributed by atoms with Crippen molar-refractivity contribution in [2.75, 3.05) is 13.2 Å². The average molecular weight is 805 g/mol. The molecule has 0 amide bonds. The predicted molar refractivity (Wildman–Crippen MR) is 247 cm³/mol. The van der Waals surface area contributed by atoms with E-state index < -0.39 is 6.10 Å². The van der Waals surface area contributed by atoms with Crippen LogP contribution < -0.4 is 0 Å². The van der Waals surface area contributed by atoms with Gasteiger partial charge >= 0.3 is 17.9 Å². The molecular weight excluding hydrogens is 721 g/mol. The van der Waals surface area contributed by atoms with E-state index in [1.54, 1.807) is 0 Å². The number of rotatable bonds is 40. The fourth-order valence-electron chi connectivity index (χ4n) is 5.81. The molecule has 0 aliphatic carbocycles. The number of carbonyl (C=O) groups excluding carboxylic acids is 3. The van der Waals surface area contributed by atoms with Crippen molar-refractivity contribution in [1.29, 1.82) is 0 Å². The molecule has 0 fully saturated rings. The van der Waals surface area contributed by atoms with E-state index in [0.717, 1.165) is 128 Å². The molecule has 0 heterocycles. The minimum absolute atomic E-state index is 0.107. The van der Waals surface area contributed by atoms with Crippen LogP contribution in [-0.2, 0) is 28.6 Å². The second-order valence-corrected chi connectivity index (χ2v) is 14.9. The summed E-state index contributed by atoms with van der Waals surface area (Å²) in [4.78, 5) is 37.7. The molecule has 0 aromatic carbocycles. The molecule has 0 bridgehead atoms. The molecule has 1 unspecified atom stereocenters. The molecule has 0 radical (unpaired) electrons. The zero-order valence-electron chi connectivity index (χ0n) is 37.3. The van der Waals surface area contributed by atoms with Gasteiger partial charge in [0.2, 0.25) is 0 Å². The van der Waals surface area contributed by atoms with Crippen molar-refractivity contribution in [1.82, 2.24) is 0 Å². The molecule has 0 rings (SSSR count). The van der Waals surface area contributed by atoms with Crippen LogP contribution in [0.4, 0.5) is 0 Å². The Morgan fingerprint density at radius 1 is 0.362 bits per heavy atom. The fourth-order valence-corrected chi connectivity index (χ4v) is 5.81. The molecule has 0 saturated heterocycles. The molecule has 0 N–H and O–H groups in total. The van der Waals surface area contributed by atoms with Gasteiger partial charge in [0.05, 0.1) is 0 Å². The van der Waals surface area contributed by atoms with Crippen molar-refractivity contribution in [3.63, 3.8) is 0 Å². The van der Waals surface area contributed by atoms with E-state index in [0.29, 0.717) is 19.3 Å². The van der Waals surface area contributed by atoms with Crippen LogP contribution in [0.5, 0.6) is 0 Å². The highest BCUT2D eigenvalue weighted by atomic mass is 16.6. The van der Waals surface area contributed by atoms with Gasteiger partial charge in [-0.2, -0.15) is 0 Å². The zero-order valence-corrected chi connectivity index (χ0v) is 37.3. The average Bonchev–Trinajstić information content (AvgIpc) is 3.22. The third-order valence-corrected chi connectivity index (χ3v) is 9.25. The Bertz CT molecular complexity index is 1200. The summed E-state index contributed by atoms with van der Waals surface area (Å²) in [6, 6.07) is 0. The highest BCUT2D eigenvalue weighted by Crippen LogP contribution is 2.12.